The number of nitrogens with zero attached hydrogens (tertiary/aromatic N) is 1. The largest absolute Gasteiger partial charge is 0.381 e. The lowest BCUT2D eigenvalue weighted by atomic mass is 9.90. The Bertz CT molecular complexity index is 750. The van der Waals surface area contributed by atoms with Crippen molar-refractivity contribution in [3.8, 4) is 0 Å². The second-order valence-corrected chi connectivity index (χ2v) is 10.2. The first-order valence-electron chi connectivity index (χ1n) is 10.4. The summed E-state index contributed by atoms with van der Waals surface area (Å²) in [5, 5.41) is 2.08. The first kappa shape index (κ1) is 20.8. The van der Waals surface area contributed by atoms with Crippen LogP contribution >= 0.6 is 12.6 Å². The molecule has 2 aliphatic rings. The average molecular weight is 389 g/mol. The van der Waals surface area contributed by atoms with E-state index in [0.717, 1.165) is 37.9 Å². The minimum absolute atomic E-state index is 0.0626. The number of hydrogen-bond donors (Lipinski definition) is 2. The van der Waals surface area contributed by atoms with Crippen LogP contribution in [0.4, 0.5) is 0 Å². The molecule has 1 saturated heterocycles. The lowest BCUT2D eigenvalue weighted by Crippen LogP contribution is -2.15. The third-order valence-corrected chi connectivity index (χ3v) is 5.83. The van der Waals surface area contributed by atoms with Crippen molar-refractivity contribution in [3.63, 3.8) is 0 Å². The van der Waals surface area contributed by atoms with Gasteiger partial charge < -0.3 is 15.0 Å². The number of benzene rings is 1. The highest BCUT2D eigenvalue weighted by Gasteiger charge is 2.20. The molecule has 2 N–H and O–H groups in total. The van der Waals surface area contributed by atoms with Gasteiger partial charge in [0.05, 0.1) is 0 Å². The Morgan fingerprint density at radius 1 is 1.19 bits per heavy atom. The first-order chi connectivity index (χ1) is 12.7. The van der Waals surface area contributed by atoms with Gasteiger partial charge in [-0.1, -0.05) is 32.9 Å². The molecule has 1 saturated carbocycles. The number of fused-ring (bicyclic) bond motifs is 1. The maximum atomic E-state index is 6.21. The van der Waals surface area contributed by atoms with Crippen molar-refractivity contribution in [1.82, 2.24) is 4.57 Å². The number of hydrogen-bond acceptors (Lipinski definition) is 3. The molecule has 0 bridgehead atoms. The molecule has 2 fully saturated rings. The maximum absolute atomic E-state index is 6.21. The summed E-state index contributed by atoms with van der Waals surface area (Å²) in [6, 6.07) is 7.03. The Morgan fingerprint density at radius 2 is 1.81 bits per heavy atom. The van der Waals surface area contributed by atoms with Gasteiger partial charge >= 0.3 is 0 Å². The van der Waals surface area contributed by atoms with Gasteiger partial charge in [-0.05, 0) is 61.1 Å². The van der Waals surface area contributed by atoms with Crippen LogP contribution in [0.3, 0.4) is 0 Å². The van der Waals surface area contributed by atoms with Crippen LogP contribution in [0, 0.1) is 5.41 Å². The molecule has 1 aliphatic carbocycles. The minimum Gasteiger partial charge on any atom is -0.381 e. The van der Waals surface area contributed by atoms with Crippen LogP contribution in [0.25, 0.3) is 10.9 Å². The van der Waals surface area contributed by atoms with Crippen molar-refractivity contribution in [3.05, 3.63) is 35.5 Å². The summed E-state index contributed by atoms with van der Waals surface area (Å²) in [4.78, 5) is 0. The standard InChI is InChI=1S/C20H30N2O.C3H6S/c1-14(21)18-12-22(13-20(2,3)4)19-11-16(5-6-17(18)19)15-7-9-23-10-8-15;4-3-1-2-3/h5-6,11-12,14-15H,7-10,13,21H2,1-4H3;3-4H,1-2H2. The van der Waals surface area contributed by atoms with Crippen molar-refractivity contribution >= 4 is 23.5 Å². The molecular formula is C23H36N2OS. The van der Waals surface area contributed by atoms with Crippen LogP contribution in [0.2, 0.25) is 0 Å². The fraction of sp³-hybridized carbons (Fsp3) is 0.652. The molecule has 27 heavy (non-hydrogen) atoms. The predicted octanol–water partition coefficient (Wildman–Crippen LogP) is 5.68. The summed E-state index contributed by atoms with van der Waals surface area (Å²) < 4.78 is 7.91. The Morgan fingerprint density at radius 3 is 2.33 bits per heavy atom. The number of aromatic nitrogens is 1. The first-order valence-corrected chi connectivity index (χ1v) is 10.9. The molecule has 1 aliphatic heterocycles. The van der Waals surface area contributed by atoms with Crippen LogP contribution in [0.5, 0.6) is 0 Å². The fourth-order valence-electron chi connectivity index (χ4n) is 3.70. The predicted molar refractivity (Wildman–Crippen MR) is 119 cm³/mol. The molecule has 0 spiro atoms. The Hall–Kier alpha value is -0.970. The van der Waals surface area contributed by atoms with Crippen LogP contribution in [0.15, 0.2) is 24.4 Å². The van der Waals surface area contributed by atoms with E-state index in [2.05, 4.69) is 69.3 Å². The Labute approximate surface area is 170 Å². The third kappa shape index (κ3) is 5.75. The highest BCUT2D eigenvalue weighted by atomic mass is 32.1. The quantitative estimate of drug-likeness (QED) is 0.664. The highest BCUT2D eigenvalue weighted by molar-refractivity contribution is 7.81. The third-order valence-electron chi connectivity index (χ3n) is 5.31. The van der Waals surface area contributed by atoms with Crippen LogP contribution < -0.4 is 5.73 Å². The van der Waals surface area contributed by atoms with Gasteiger partial charge in [0.1, 0.15) is 0 Å². The van der Waals surface area contributed by atoms with Crippen LogP contribution in [0.1, 0.15) is 76.5 Å². The summed E-state index contributed by atoms with van der Waals surface area (Å²) in [6.07, 6.45) is 7.22. The normalized spacial score (nSPS) is 19.6. The molecule has 150 valence electrons. The second kappa shape index (κ2) is 8.59. The molecule has 0 amide bonds. The molecule has 4 rings (SSSR count). The Kier molecular flexibility index (Phi) is 6.60. The summed E-state index contributed by atoms with van der Waals surface area (Å²) in [5.74, 6) is 0.630. The number of ether oxygens (including phenoxy) is 1. The van der Waals surface area contributed by atoms with Gasteiger partial charge in [0, 0.05) is 48.2 Å². The van der Waals surface area contributed by atoms with Crippen molar-refractivity contribution in [2.45, 2.75) is 77.1 Å². The minimum atomic E-state index is 0.0626. The van der Waals surface area contributed by atoms with E-state index in [9.17, 15) is 0 Å². The molecule has 1 aromatic carbocycles. The molecule has 2 heterocycles. The molecule has 1 unspecified atom stereocenters. The van der Waals surface area contributed by atoms with Crippen molar-refractivity contribution < 1.29 is 4.74 Å². The molecule has 2 aromatic rings. The Balaban J connectivity index is 0.000000466. The van der Waals surface area contributed by atoms with Crippen molar-refractivity contribution in [2.75, 3.05) is 13.2 Å². The molecule has 0 radical (unpaired) electrons. The van der Waals surface area contributed by atoms with Crippen molar-refractivity contribution in [2.24, 2.45) is 11.1 Å². The van der Waals surface area contributed by atoms with E-state index >= 15 is 0 Å². The second-order valence-electron chi connectivity index (χ2n) is 9.46. The zero-order chi connectivity index (χ0) is 19.6. The van der Waals surface area contributed by atoms with Gasteiger partial charge in [-0.25, -0.2) is 0 Å². The van der Waals surface area contributed by atoms with E-state index in [-0.39, 0.29) is 11.5 Å². The average Bonchev–Trinajstić information content (AvgIpc) is 3.32. The zero-order valence-electron chi connectivity index (χ0n) is 17.4. The van der Waals surface area contributed by atoms with Gasteiger partial charge in [0.15, 0.2) is 0 Å². The van der Waals surface area contributed by atoms with Gasteiger partial charge in [-0.3, -0.25) is 0 Å². The van der Waals surface area contributed by atoms with Gasteiger partial charge in [-0.15, -0.1) is 0 Å². The summed E-state index contributed by atoms with van der Waals surface area (Å²) in [5.41, 5.74) is 10.5. The highest BCUT2D eigenvalue weighted by Crippen LogP contribution is 2.33. The van der Waals surface area contributed by atoms with Gasteiger partial charge in [0.2, 0.25) is 0 Å². The van der Waals surface area contributed by atoms with Crippen molar-refractivity contribution in [1.29, 1.82) is 0 Å². The van der Waals surface area contributed by atoms with E-state index in [1.54, 1.807) is 0 Å². The van der Waals surface area contributed by atoms with E-state index in [1.807, 2.05) is 0 Å². The topological polar surface area (TPSA) is 40.2 Å². The molecule has 3 nitrogen and oxygen atoms in total. The van der Waals surface area contributed by atoms with Gasteiger partial charge in [-0.2, -0.15) is 12.6 Å². The van der Waals surface area contributed by atoms with E-state index in [1.165, 1.54) is 34.9 Å². The maximum Gasteiger partial charge on any atom is 0.0486 e. The summed E-state index contributed by atoms with van der Waals surface area (Å²) >= 11 is 4.08. The van der Waals surface area contributed by atoms with Crippen LogP contribution in [-0.2, 0) is 11.3 Å². The van der Waals surface area contributed by atoms with Crippen LogP contribution in [-0.4, -0.2) is 23.0 Å². The summed E-state index contributed by atoms with van der Waals surface area (Å²) in [7, 11) is 0. The summed E-state index contributed by atoms with van der Waals surface area (Å²) in [6.45, 7) is 11.7. The number of rotatable bonds is 3. The number of nitrogens with two attached hydrogens (primary N) is 1. The SMILES string of the molecule is CC(N)c1cn(CC(C)(C)C)c2cc(C3CCOCC3)ccc12.SC1CC1. The lowest BCUT2D eigenvalue weighted by Gasteiger charge is -2.23. The van der Waals surface area contributed by atoms with E-state index in [0.29, 0.717) is 5.92 Å². The molecular weight excluding hydrogens is 352 g/mol. The molecule has 1 aromatic heterocycles. The van der Waals surface area contributed by atoms with Gasteiger partial charge in [0.25, 0.3) is 0 Å². The fourth-order valence-corrected chi connectivity index (χ4v) is 3.85. The molecule has 1 atom stereocenters. The smallest absolute Gasteiger partial charge is 0.0486 e. The number of thiol groups is 1. The van der Waals surface area contributed by atoms with E-state index < -0.39 is 0 Å². The molecule has 4 heteroatoms. The monoisotopic (exact) mass is 388 g/mol. The zero-order valence-corrected chi connectivity index (χ0v) is 18.3. The van der Waals surface area contributed by atoms with E-state index in [4.69, 9.17) is 10.5 Å². The lowest BCUT2D eigenvalue weighted by molar-refractivity contribution is 0.0853.